The Morgan fingerprint density at radius 3 is 2.79 bits per heavy atom. The number of carbonyl (C=O) groups excluding carboxylic acids is 2. The molecule has 42 heavy (non-hydrogen) atoms. The van der Waals surface area contributed by atoms with Crippen LogP contribution in [-0.2, 0) is 15.1 Å². The summed E-state index contributed by atoms with van der Waals surface area (Å²) in [5.74, 6) is -0.637. The maximum atomic E-state index is 13.5. The van der Waals surface area contributed by atoms with Crippen LogP contribution in [0.3, 0.4) is 0 Å². The number of carbonyl (C=O) groups is 2. The minimum Gasteiger partial charge on any atom is -0.453 e. The van der Waals surface area contributed by atoms with Gasteiger partial charge in [0.1, 0.15) is 0 Å². The van der Waals surface area contributed by atoms with Gasteiger partial charge in [-0.2, -0.15) is 0 Å². The van der Waals surface area contributed by atoms with E-state index in [0.717, 1.165) is 22.9 Å². The van der Waals surface area contributed by atoms with Crippen LogP contribution in [0.2, 0.25) is 5.02 Å². The lowest BCUT2D eigenvalue weighted by atomic mass is 9.72. The van der Waals surface area contributed by atoms with Gasteiger partial charge in [-0.1, -0.05) is 41.9 Å². The van der Waals surface area contributed by atoms with Crippen LogP contribution in [0, 0.1) is 11.8 Å². The van der Waals surface area contributed by atoms with Crippen LogP contribution >= 0.6 is 11.6 Å². The molecule has 1 aliphatic carbocycles. The van der Waals surface area contributed by atoms with E-state index in [1.54, 1.807) is 12.3 Å². The molecule has 0 spiro atoms. The summed E-state index contributed by atoms with van der Waals surface area (Å²) < 4.78 is 4.71. The summed E-state index contributed by atoms with van der Waals surface area (Å²) in [7, 11) is 1.31. The van der Waals surface area contributed by atoms with Crippen molar-refractivity contribution in [2.24, 2.45) is 17.6 Å². The Balaban J connectivity index is 1.50. The number of halogens is 1. The maximum absolute atomic E-state index is 13.5. The van der Waals surface area contributed by atoms with Gasteiger partial charge in [-0.25, -0.2) is 4.79 Å². The molecule has 2 aliphatic rings. The molecule has 1 saturated heterocycles. The van der Waals surface area contributed by atoms with Crippen molar-refractivity contribution in [2.45, 2.75) is 56.3 Å². The number of aliphatic hydroxyl groups is 2. The normalized spacial score (nSPS) is 23.9. The fraction of sp³-hybridized carbons (Fsp3) is 0.469. The zero-order valence-corrected chi connectivity index (χ0v) is 24.6. The molecule has 1 aromatic heterocycles. The molecule has 0 bridgehead atoms. The van der Waals surface area contributed by atoms with E-state index in [1.807, 2.05) is 47.4 Å². The number of likely N-dealkylation sites (tertiary alicyclic amines) is 1. The minimum absolute atomic E-state index is 0.0218. The number of hydrogen-bond acceptors (Lipinski definition) is 7. The number of pyridine rings is 1. The first-order valence-electron chi connectivity index (χ1n) is 14.6. The van der Waals surface area contributed by atoms with Crippen molar-refractivity contribution in [3.63, 3.8) is 0 Å². The van der Waals surface area contributed by atoms with Gasteiger partial charge in [-0.15, -0.1) is 0 Å². The number of nitrogens with two attached hydrogens (primary N) is 1. The number of para-hydroxylation sites is 1. The molecule has 224 valence electrons. The third-order valence-electron chi connectivity index (χ3n) is 8.88. The first-order chi connectivity index (χ1) is 20.2. The van der Waals surface area contributed by atoms with Gasteiger partial charge in [0.15, 0.2) is 0 Å². The van der Waals surface area contributed by atoms with Gasteiger partial charge in [0, 0.05) is 65.2 Å². The Morgan fingerprint density at radius 2 is 2.02 bits per heavy atom. The number of aromatic nitrogens is 1. The molecule has 10 heteroatoms. The summed E-state index contributed by atoms with van der Waals surface area (Å²) in [6.45, 7) is 1.27. The SMILES string of the molecule is COC(=O)NCCC[C@@](O)(c1cccc(Cl)c1-c1cnc2ccccc2c1)[C@@H]1CCCN(C(=O)[C@H]2C[C@@H](N)[C@@H](O)C2)C1. The second-order valence-electron chi connectivity index (χ2n) is 11.5. The van der Waals surface area contributed by atoms with Gasteiger partial charge < -0.3 is 30.9 Å². The molecule has 3 aromatic rings. The average molecular weight is 595 g/mol. The lowest BCUT2D eigenvalue weighted by molar-refractivity contribution is -0.141. The third kappa shape index (κ3) is 6.24. The first-order valence-corrected chi connectivity index (χ1v) is 15.0. The number of methoxy groups -OCH3 is 1. The van der Waals surface area contributed by atoms with E-state index < -0.39 is 23.8 Å². The number of fused-ring (bicyclic) bond motifs is 1. The zero-order valence-electron chi connectivity index (χ0n) is 23.8. The summed E-state index contributed by atoms with van der Waals surface area (Å²) in [4.78, 5) is 31.7. The number of piperidine rings is 1. The van der Waals surface area contributed by atoms with Crippen LogP contribution in [0.5, 0.6) is 0 Å². The quantitative estimate of drug-likeness (QED) is 0.287. The highest BCUT2D eigenvalue weighted by Crippen LogP contribution is 2.46. The number of nitrogens with one attached hydrogen (secondary N) is 1. The van der Waals surface area contributed by atoms with Crippen LogP contribution < -0.4 is 11.1 Å². The van der Waals surface area contributed by atoms with Crippen LogP contribution in [-0.4, -0.2) is 71.0 Å². The summed E-state index contributed by atoms with van der Waals surface area (Å²) in [6.07, 6.45) is 3.62. The summed E-state index contributed by atoms with van der Waals surface area (Å²) >= 11 is 6.86. The van der Waals surface area contributed by atoms with Crippen LogP contribution in [0.1, 0.15) is 44.1 Å². The molecule has 2 heterocycles. The van der Waals surface area contributed by atoms with Crippen molar-refractivity contribution in [3.8, 4) is 11.1 Å². The Bertz CT molecular complexity index is 1430. The molecule has 0 radical (unpaired) electrons. The largest absolute Gasteiger partial charge is 0.453 e. The predicted molar refractivity (Wildman–Crippen MR) is 162 cm³/mol. The second-order valence-corrected chi connectivity index (χ2v) is 12.0. The van der Waals surface area contributed by atoms with Crippen LogP contribution in [0.4, 0.5) is 4.79 Å². The number of nitrogens with zero attached hydrogens (tertiary/aromatic N) is 2. The number of rotatable bonds is 8. The standard InChI is InChI=1S/C32H39ClN4O5/c1-42-31(40)35-13-6-12-32(41,23-8-5-14-37(19-23)30(39)21-16-26(34)28(38)17-21)24-9-4-10-25(33)29(24)22-15-20-7-2-3-11-27(20)36-18-22/h2-4,7,9-11,15,18,21,23,26,28,38,41H,5-6,8,12-14,16-17,19,34H2,1H3,(H,35,40)/t21-,23+,26+,28-,32-/m0/s1. The summed E-state index contributed by atoms with van der Waals surface area (Å²) in [6, 6.07) is 15.0. The van der Waals surface area contributed by atoms with Crippen molar-refractivity contribution in [1.29, 1.82) is 0 Å². The van der Waals surface area contributed by atoms with Gasteiger partial charge in [-0.05, 0) is 62.3 Å². The topological polar surface area (TPSA) is 138 Å². The van der Waals surface area contributed by atoms with Gasteiger partial charge >= 0.3 is 6.09 Å². The van der Waals surface area contributed by atoms with E-state index >= 15 is 0 Å². The highest BCUT2D eigenvalue weighted by atomic mass is 35.5. The maximum Gasteiger partial charge on any atom is 0.406 e. The third-order valence-corrected chi connectivity index (χ3v) is 9.20. The fourth-order valence-electron chi connectivity index (χ4n) is 6.64. The molecular weight excluding hydrogens is 556 g/mol. The van der Waals surface area contributed by atoms with Gasteiger partial charge in [0.05, 0.1) is 24.3 Å². The van der Waals surface area contributed by atoms with Crippen molar-refractivity contribution in [1.82, 2.24) is 15.2 Å². The molecule has 2 aromatic carbocycles. The summed E-state index contributed by atoms with van der Waals surface area (Å²) in [5, 5.41) is 27.1. The van der Waals surface area contributed by atoms with Crippen LogP contribution in [0.15, 0.2) is 54.7 Å². The Labute approximate surface area is 251 Å². The molecular formula is C32H39ClN4O5. The van der Waals surface area contributed by atoms with Gasteiger partial charge in [0.2, 0.25) is 5.91 Å². The average Bonchev–Trinajstić information content (AvgIpc) is 3.35. The smallest absolute Gasteiger partial charge is 0.406 e. The van der Waals surface area contributed by atoms with Crippen LogP contribution in [0.25, 0.3) is 22.0 Å². The number of amides is 2. The van der Waals surface area contributed by atoms with E-state index in [9.17, 15) is 19.8 Å². The fourth-order valence-corrected chi connectivity index (χ4v) is 6.92. The molecule has 1 saturated carbocycles. The highest BCUT2D eigenvalue weighted by molar-refractivity contribution is 6.33. The molecule has 2 fully saturated rings. The van der Waals surface area contributed by atoms with Crippen molar-refractivity contribution < 1.29 is 24.5 Å². The number of aliphatic hydroxyl groups excluding tert-OH is 1. The number of benzene rings is 2. The van der Waals surface area contributed by atoms with E-state index in [-0.39, 0.29) is 17.7 Å². The second kappa shape index (κ2) is 13.0. The molecule has 2 amide bonds. The minimum atomic E-state index is -1.37. The first kappa shape index (κ1) is 30.2. The lowest BCUT2D eigenvalue weighted by Crippen LogP contribution is -2.49. The summed E-state index contributed by atoms with van der Waals surface area (Å²) in [5.41, 5.74) is 7.67. The van der Waals surface area contributed by atoms with E-state index in [2.05, 4.69) is 10.3 Å². The molecule has 9 nitrogen and oxygen atoms in total. The number of alkyl carbamates (subject to hydrolysis) is 1. The Hall–Kier alpha value is -3.24. The van der Waals surface area contributed by atoms with Crippen molar-refractivity contribution in [2.75, 3.05) is 26.7 Å². The number of ether oxygens (including phenoxy) is 1. The monoisotopic (exact) mass is 594 g/mol. The molecule has 5 N–H and O–H groups in total. The Morgan fingerprint density at radius 1 is 1.21 bits per heavy atom. The molecule has 1 aliphatic heterocycles. The Kier molecular flexibility index (Phi) is 9.32. The predicted octanol–water partition coefficient (Wildman–Crippen LogP) is 4.22. The zero-order chi connectivity index (χ0) is 29.9. The van der Waals surface area contributed by atoms with Crippen molar-refractivity contribution in [3.05, 3.63) is 65.3 Å². The molecule has 0 unspecified atom stereocenters. The molecule has 5 rings (SSSR count). The number of hydrogen-bond donors (Lipinski definition) is 4. The van der Waals surface area contributed by atoms with Gasteiger partial charge in [0.25, 0.3) is 0 Å². The van der Waals surface area contributed by atoms with E-state index in [0.29, 0.717) is 67.9 Å². The van der Waals surface area contributed by atoms with E-state index in [1.165, 1.54) is 7.11 Å². The van der Waals surface area contributed by atoms with Crippen molar-refractivity contribution >= 4 is 34.5 Å². The highest BCUT2D eigenvalue weighted by Gasteiger charge is 2.44. The van der Waals surface area contributed by atoms with E-state index in [4.69, 9.17) is 22.1 Å². The van der Waals surface area contributed by atoms with Gasteiger partial charge in [-0.3, -0.25) is 9.78 Å². The molecule has 5 atom stereocenters. The lowest BCUT2D eigenvalue weighted by Gasteiger charge is -2.44.